The first-order valence-electron chi connectivity index (χ1n) is 7.99. The molecule has 0 aliphatic carbocycles. The monoisotopic (exact) mass is 500 g/mol. The maximum Gasteiger partial charge on any atom is 0.234 e. The van der Waals surface area contributed by atoms with Gasteiger partial charge in [0.25, 0.3) is 0 Å². The van der Waals surface area contributed by atoms with Gasteiger partial charge in [0.15, 0.2) is 4.34 Å². The summed E-state index contributed by atoms with van der Waals surface area (Å²) in [5, 5.41) is 4.23. The minimum Gasteiger partial charge on any atom is -0.325 e. The summed E-state index contributed by atoms with van der Waals surface area (Å²) in [6.45, 7) is 1.97. The SMILES string of the molecule is Cc1nc(SCC(=O)Nc2ccc(Br)cc2)sc1Cc1cc(Cl)ccc1Cl. The minimum absolute atomic E-state index is 0.0605. The number of benzene rings is 2. The van der Waals surface area contributed by atoms with Crippen molar-refractivity contribution in [2.75, 3.05) is 11.1 Å². The second-order valence-corrected chi connectivity index (χ2v) is 9.81. The maximum atomic E-state index is 12.1. The molecule has 140 valence electrons. The summed E-state index contributed by atoms with van der Waals surface area (Å²) in [7, 11) is 0. The zero-order valence-electron chi connectivity index (χ0n) is 14.3. The number of aryl methyl sites for hydroxylation is 1. The van der Waals surface area contributed by atoms with E-state index in [0.717, 1.165) is 30.6 Å². The second kappa shape index (κ2) is 9.43. The van der Waals surface area contributed by atoms with Gasteiger partial charge >= 0.3 is 0 Å². The fourth-order valence-corrected chi connectivity index (χ4v) is 5.04. The van der Waals surface area contributed by atoms with Crippen LogP contribution in [0, 0.1) is 6.92 Å². The molecule has 0 aliphatic rings. The molecule has 0 aliphatic heterocycles. The Bertz CT molecular complexity index is 961. The highest BCUT2D eigenvalue weighted by Gasteiger charge is 2.13. The second-order valence-electron chi connectivity index (χ2n) is 5.74. The van der Waals surface area contributed by atoms with E-state index in [1.54, 1.807) is 23.5 Å². The first-order valence-corrected chi connectivity index (χ1v) is 11.3. The van der Waals surface area contributed by atoms with Crippen molar-refractivity contribution >= 4 is 73.8 Å². The van der Waals surface area contributed by atoms with Gasteiger partial charge in [-0.15, -0.1) is 11.3 Å². The Balaban J connectivity index is 1.60. The number of nitrogens with one attached hydrogen (secondary N) is 1. The average Bonchev–Trinajstić information content (AvgIpc) is 2.98. The van der Waals surface area contributed by atoms with E-state index in [0.29, 0.717) is 22.2 Å². The summed E-state index contributed by atoms with van der Waals surface area (Å²) in [4.78, 5) is 17.8. The molecule has 3 nitrogen and oxygen atoms in total. The van der Waals surface area contributed by atoms with Crippen LogP contribution in [0.1, 0.15) is 16.1 Å². The molecule has 0 fully saturated rings. The third-order valence-electron chi connectivity index (χ3n) is 3.69. The van der Waals surface area contributed by atoms with Gasteiger partial charge in [-0.3, -0.25) is 4.79 Å². The lowest BCUT2D eigenvalue weighted by Gasteiger charge is -2.04. The summed E-state index contributed by atoms with van der Waals surface area (Å²) in [5.41, 5.74) is 2.70. The standard InChI is InChI=1S/C19H15BrCl2N2OS2/c1-11-17(9-12-8-14(21)4-7-16(12)22)27-19(23-11)26-10-18(25)24-15-5-2-13(20)3-6-15/h2-8H,9-10H2,1H3,(H,24,25). The van der Waals surface area contributed by atoms with Crippen LogP contribution in [-0.4, -0.2) is 16.6 Å². The van der Waals surface area contributed by atoms with Crippen molar-refractivity contribution in [3.8, 4) is 0 Å². The van der Waals surface area contributed by atoms with Crippen molar-refractivity contribution in [3.63, 3.8) is 0 Å². The molecule has 1 N–H and O–H groups in total. The molecule has 1 amide bonds. The highest BCUT2D eigenvalue weighted by Crippen LogP contribution is 2.31. The highest BCUT2D eigenvalue weighted by atomic mass is 79.9. The van der Waals surface area contributed by atoms with E-state index in [-0.39, 0.29) is 5.91 Å². The number of thiazole rings is 1. The number of aromatic nitrogens is 1. The molecule has 0 bridgehead atoms. The summed E-state index contributed by atoms with van der Waals surface area (Å²) in [6.07, 6.45) is 0.675. The van der Waals surface area contributed by atoms with E-state index in [1.807, 2.05) is 37.3 Å². The van der Waals surface area contributed by atoms with Crippen LogP contribution < -0.4 is 5.32 Å². The smallest absolute Gasteiger partial charge is 0.234 e. The van der Waals surface area contributed by atoms with Crippen LogP contribution in [0.25, 0.3) is 0 Å². The predicted octanol–water partition coefficient (Wildman–Crippen LogP) is 6.84. The number of rotatable bonds is 6. The van der Waals surface area contributed by atoms with E-state index in [9.17, 15) is 4.79 Å². The van der Waals surface area contributed by atoms with Crippen LogP contribution >= 0.6 is 62.2 Å². The quantitative estimate of drug-likeness (QED) is 0.376. The molecule has 8 heteroatoms. The van der Waals surface area contributed by atoms with Gasteiger partial charge in [0, 0.05) is 31.5 Å². The molecular formula is C19H15BrCl2N2OS2. The Morgan fingerprint density at radius 1 is 1.22 bits per heavy atom. The molecule has 27 heavy (non-hydrogen) atoms. The zero-order valence-corrected chi connectivity index (χ0v) is 19.0. The molecule has 0 saturated heterocycles. The summed E-state index contributed by atoms with van der Waals surface area (Å²) >= 11 is 18.7. The maximum absolute atomic E-state index is 12.1. The van der Waals surface area contributed by atoms with Crippen LogP contribution in [0.4, 0.5) is 5.69 Å². The third kappa shape index (κ3) is 5.96. The summed E-state index contributed by atoms with van der Waals surface area (Å²) < 4.78 is 1.84. The predicted molar refractivity (Wildman–Crippen MR) is 120 cm³/mol. The molecule has 3 rings (SSSR count). The third-order valence-corrected chi connectivity index (χ3v) is 7.12. The van der Waals surface area contributed by atoms with Gasteiger partial charge in [0.05, 0.1) is 11.4 Å². The number of nitrogens with zero attached hydrogens (tertiary/aromatic N) is 1. The normalized spacial score (nSPS) is 10.8. The van der Waals surface area contributed by atoms with Crippen LogP contribution in [0.2, 0.25) is 10.0 Å². The fourth-order valence-electron chi connectivity index (χ4n) is 2.34. The molecule has 2 aromatic carbocycles. The van der Waals surface area contributed by atoms with E-state index >= 15 is 0 Å². The molecule has 3 aromatic rings. The molecule has 1 heterocycles. The van der Waals surface area contributed by atoms with Gasteiger partial charge < -0.3 is 5.32 Å². The van der Waals surface area contributed by atoms with E-state index in [1.165, 1.54) is 11.8 Å². The number of halogens is 3. The summed E-state index contributed by atoms with van der Waals surface area (Å²) in [5.74, 6) is 0.245. The summed E-state index contributed by atoms with van der Waals surface area (Å²) in [6, 6.07) is 12.9. The molecule has 0 atom stereocenters. The number of anilines is 1. The zero-order chi connectivity index (χ0) is 19.4. The van der Waals surface area contributed by atoms with Crippen LogP contribution in [-0.2, 0) is 11.2 Å². The topological polar surface area (TPSA) is 42.0 Å². The Kier molecular flexibility index (Phi) is 7.22. The van der Waals surface area contributed by atoms with Crippen LogP contribution in [0.5, 0.6) is 0 Å². The largest absolute Gasteiger partial charge is 0.325 e. The van der Waals surface area contributed by atoms with Crippen molar-refractivity contribution in [2.24, 2.45) is 0 Å². The van der Waals surface area contributed by atoms with Crippen molar-refractivity contribution in [1.82, 2.24) is 4.98 Å². The first-order chi connectivity index (χ1) is 12.9. The van der Waals surface area contributed by atoms with E-state index < -0.39 is 0 Å². The number of hydrogen-bond acceptors (Lipinski definition) is 4. The number of hydrogen-bond donors (Lipinski definition) is 1. The number of thioether (sulfide) groups is 1. The van der Waals surface area contributed by atoms with Gasteiger partial charge in [-0.2, -0.15) is 0 Å². The lowest BCUT2D eigenvalue weighted by molar-refractivity contribution is -0.113. The molecule has 0 saturated carbocycles. The Morgan fingerprint density at radius 2 is 1.96 bits per heavy atom. The number of carbonyl (C=O) groups excluding carboxylic acids is 1. The molecule has 0 radical (unpaired) electrons. The van der Waals surface area contributed by atoms with Gasteiger partial charge in [-0.05, 0) is 55.0 Å². The van der Waals surface area contributed by atoms with Crippen LogP contribution in [0.15, 0.2) is 51.3 Å². The Hall–Kier alpha value is -1.05. The Morgan fingerprint density at radius 3 is 2.70 bits per heavy atom. The number of amides is 1. The van der Waals surface area contributed by atoms with Crippen molar-refractivity contribution in [1.29, 1.82) is 0 Å². The lowest BCUT2D eigenvalue weighted by atomic mass is 10.1. The molecular weight excluding hydrogens is 487 g/mol. The average molecular weight is 502 g/mol. The van der Waals surface area contributed by atoms with E-state index in [2.05, 4.69) is 26.2 Å². The van der Waals surface area contributed by atoms with Gasteiger partial charge in [0.2, 0.25) is 5.91 Å². The van der Waals surface area contributed by atoms with Gasteiger partial charge in [0.1, 0.15) is 0 Å². The van der Waals surface area contributed by atoms with Crippen molar-refractivity contribution in [3.05, 3.63) is 73.1 Å². The fraction of sp³-hybridized carbons (Fsp3) is 0.158. The first kappa shape index (κ1) is 20.7. The van der Waals surface area contributed by atoms with E-state index in [4.69, 9.17) is 23.2 Å². The molecule has 1 aromatic heterocycles. The van der Waals surface area contributed by atoms with Crippen LogP contribution in [0.3, 0.4) is 0 Å². The highest BCUT2D eigenvalue weighted by molar-refractivity contribution is 9.10. The van der Waals surface area contributed by atoms with Crippen molar-refractivity contribution < 1.29 is 4.79 Å². The lowest BCUT2D eigenvalue weighted by Crippen LogP contribution is -2.13. The van der Waals surface area contributed by atoms with Gasteiger partial charge in [-0.1, -0.05) is 50.9 Å². The van der Waals surface area contributed by atoms with Gasteiger partial charge in [-0.25, -0.2) is 4.98 Å². The Labute approximate surface area is 184 Å². The van der Waals surface area contributed by atoms with Crippen molar-refractivity contribution in [2.45, 2.75) is 17.7 Å². The molecule has 0 unspecified atom stereocenters. The molecule has 0 spiro atoms. The minimum atomic E-state index is -0.0605. The number of carbonyl (C=O) groups is 1.